The average molecular weight is 635 g/mol. The van der Waals surface area contributed by atoms with Crippen LogP contribution in [0, 0.1) is 21.0 Å². The van der Waals surface area contributed by atoms with Gasteiger partial charge in [-0.15, -0.1) is 0 Å². The number of benzene rings is 2. The molecule has 7 nitrogen and oxygen atoms in total. The first kappa shape index (κ1) is 27.0. The van der Waals surface area contributed by atoms with Crippen LogP contribution in [0.3, 0.4) is 0 Å². The second-order valence-electron chi connectivity index (χ2n) is 7.10. The van der Waals surface area contributed by atoms with Crippen molar-refractivity contribution in [2.75, 3.05) is 5.32 Å². The summed E-state index contributed by atoms with van der Waals surface area (Å²) in [7, 11) is -6.09. The van der Waals surface area contributed by atoms with Crippen molar-refractivity contribution in [2.24, 2.45) is 0 Å². The maximum Gasteiger partial charge on any atom is 0.485 e. The molecule has 2 aromatic carbocycles. The SMILES string of the molecule is Cc1ccc([I+]c2ccc(C(=O)Nc3nc4ccc(C)cc4s3)nc2)cc1.O=S(=O)([O-])C(F)(F)F. The zero-order valence-electron chi connectivity index (χ0n) is 18.1. The number of amides is 1. The van der Waals surface area contributed by atoms with Gasteiger partial charge in [0.25, 0.3) is 5.91 Å². The molecule has 0 aliphatic rings. The topological polar surface area (TPSA) is 112 Å². The third kappa shape index (κ3) is 7.68. The van der Waals surface area contributed by atoms with Gasteiger partial charge in [0, 0.05) is 0 Å². The zero-order chi connectivity index (χ0) is 25.8. The summed E-state index contributed by atoms with van der Waals surface area (Å²) in [6.07, 6.45) is 1.81. The van der Waals surface area contributed by atoms with Crippen LogP contribution in [0.1, 0.15) is 21.6 Å². The van der Waals surface area contributed by atoms with E-state index in [-0.39, 0.29) is 27.1 Å². The van der Waals surface area contributed by atoms with Gasteiger partial charge in [0.15, 0.2) is 18.8 Å². The zero-order valence-corrected chi connectivity index (χ0v) is 21.9. The number of nitrogens with zero attached hydrogens (tertiary/aromatic N) is 2. The van der Waals surface area contributed by atoms with E-state index >= 15 is 0 Å². The van der Waals surface area contributed by atoms with E-state index in [4.69, 9.17) is 13.0 Å². The van der Waals surface area contributed by atoms with Crippen molar-refractivity contribution in [1.29, 1.82) is 0 Å². The Morgan fingerprint density at radius 1 is 1.00 bits per heavy atom. The first-order valence-corrected chi connectivity index (χ1v) is 14.1. The minimum absolute atomic E-state index is 0.231. The maximum absolute atomic E-state index is 12.5. The Labute approximate surface area is 213 Å². The molecule has 1 N–H and O–H groups in total. The summed E-state index contributed by atoms with van der Waals surface area (Å²) in [5.74, 6) is -0.231. The lowest BCUT2D eigenvalue weighted by atomic mass is 10.2. The number of hydrogen-bond donors (Lipinski definition) is 1. The third-order valence-corrected chi connectivity index (χ3v) is 8.34. The van der Waals surface area contributed by atoms with E-state index in [2.05, 4.69) is 52.5 Å². The second-order valence-corrected chi connectivity index (χ2v) is 12.5. The molecule has 4 rings (SSSR count). The van der Waals surface area contributed by atoms with Gasteiger partial charge in [0.1, 0.15) is 5.69 Å². The van der Waals surface area contributed by atoms with Gasteiger partial charge in [-0.25, -0.2) is 18.4 Å². The molecule has 0 saturated heterocycles. The Balaban J connectivity index is 0.000000371. The molecule has 0 unspecified atom stereocenters. The monoisotopic (exact) mass is 635 g/mol. The van der Waals surface area contributed by atoms with Crippen molar-refractivity contribution in [3.05, 3.63) is 84.8 Å². The molecule has 1 amide bonds. The van der Waals surface area contributed by atoms with Gasteiger partial charge in [-0.3, -0.25) is 10.1 Å². The van der Waals surface area contributed by atoms with Crippen LogP contribution in [0.15, 0.2) is 60.8 Å². The van der Waals surface area contributed by atoms with Gasteiger partial charge in [-0.1, -0.05) is 35.1 Å². The van der Waals surface area contributed by atoms with Gasteiger partial charge in [-0.2, -0.15) is 13.2 Å². The van der Waals surface area contributed by atoms with Crippen molar-refractivity contribution in [3.63, 3.8) is 0 Å². The molecule has 0 aliphatic heterocycles. The number of halogens is 4. The molecule has 0 atom stereocenters. The fourth-order valence-electron chi connectivity index (χ4n) is 2.53. The van der Waals surface area contributed by atoms with Crippen molar-refractivity contribution in [2.45, 2.75) is 19.4 Å². The Morgan fingerprint density at radius 2 is 1.60 bits per heavy atom. The molecule has 0 spiro atoms. The van der Waals surface area contributed by atoms with Crippen LogP contribution < -0.4 is 26.5 Å². The highest BCUT2D eigenvalue weighted by Gasteiger charge is 2.36. The molecule has 0 aliphatic carbocycles. The molecule has 0 saturated carbocycles. The van der Waals surface area contributed by atoms with Crippen molar-refractivity contribution in [3.8, 4) is 0 Å². The van der Waals surface area contributed by atoms with E-state index in [1.807, 2.05) is 31.3 Å². The van der Waals surface area contributed by atoms with Gasteiger partial charge < -0.3 is 4.55 Å². The first-order chi connectivity index (χ1) is 16.3. The fourth-order valence-corrected chi connectivity index (χ4v) is 5.57. The molecule has 0 fully saturated rings. The summed E-state index contributed by atoms with van der Waals surface area (Å²) in [5.41, 5.74) is -1.90. The molecule has 2 aromatic heterocycles. The number of anilines is 1. The molecule has 13 heteroatoms. The van der Waals surface area contributed by atoms with E-state index in [1.165, 1.54) is 29.6 Å². The largest absolute Gasteiger partial charge is 0.741 e. The molecule has 0 bridgehead atoms. The third-order valence-electron chi connectivity index (χ3n) is 4.24. The molecular formula is C22H17F3IN3O4S2. The molecule has 0 radical (unpaired) electrons. The Morgan fingerprint density at radius 3 is 2.17 bits per heavy atom. The molecular weight excluding hydrogens is 618 g/mol. The second kappa shape index (κ2) is 11.0. The van der Waals surface area contributed by atoms with Gasteiger partial charge in [0.05, 0.1) is 16.4 Å². The van der Waals surface area contributed by atoms with Crippen LogP contribution >= 0.6 is 11.3 Å². The van der Waals surface area contributed by atoms with Gasteiger partial charge in [0.2, 0.25) is 3.57 Å². The number of thiazole rings is 1. The summed E-state index contributed by atoms with van der Waals surface area (Å²) >= 11 is 1.19. The van der Waals surface area contributed by atoms with Crippen molar-refractivity contribution < 1.29 is 52.1 Å². The predicted molar refractivity (Wildman–Crippen MR) is 121 cm³/mol. The maximum atomic E-state index is 12.5. The Hall–Kier alpha value is -2.62. The number of rotatable bonds is 4. The van der Waals surface area contributed by atoms with Crippen LogP contribution in [-0.2, 0) is 10.1 Å². The molecule has 184 valence electrons. The summed E-state index contributed by atoms with van der Waals surface area (Å²) in [6.45, 7) is 4.13. The number of pyridine rings is 1. The van der Waals surface area contributed by atoms with Crippen LogP contribution in [0.2, 0.25) is 0 Å². The van der Waals surface area contributed by atoms with Crippen LogP contribution in [0.4, 0.5) is 18.3 Å². The average Bonchev–Trinajstić information content (AvgIpc) is 3.16. The normalized spacial score (nSPS) is 11.6. The van der Waals surface area contributed by atoms with Gasteiger partial charge >= 0.3 is 26.7 Å². The highest BCUT2D eigenvalue weighted by Crippen LogP contribution is 2.26. The van der Waals surface area contributed by atoms with E-state index in [9.17, 15) is 18.0 Å². The highest BCUT2D eigenvalue weighted by atomic mass is 127. The Kier molecular flexibility index (Phi) is 8.46. The van der Waals surface area contributed by atoms with Crippen molar-refractivity contribution >= 4 is 42.7 Å². The smallest absolute Gasteiger partial charge is 0.485 e. The number of carbonyl (C=O) groups excluding carboxylic acids is 1. The minimum atomic E-state index is -6.09. The summed E-state index contributed by atoms with van der Waals surface area (Å²) in [6, 6.07) is 18.4. The number of aryl methyl sites for hydroxylation is 2. The lowest BCUT2D eigenvalue weighted by molar-refractivity contribution is -0.597. The standard InChI is InChI=1S/C21H16IN3OS.CHF3O3S/c1-13-3-6-15(7-4-13)22-16-8-10-18(23-12-16)20(26)25-21-24-17-9-5-14(2)11-19(17)27-21;2-1(3,4)8(5,6)7/h3-12H,1-2H3;(H,5,6,7). The van der Waals surface area contributed by atoms with Gasteiger partial charge in [-0.05, 0) is 55.8 Å². The molecule has 2 heterocycles. The number of fused-ring (bicyclic) bond motifs is 1. The van der Waals surface area contributed by atoms with Crippen LogP contribution in [-0.4, -0.2) is 34.4 Å². The lowest BCUT2D eigenvalue weighted by Crippen LogP contribution is -3.61. The van der Waals surface area contributed by atoms with E-state index < -0.39 is 15.6 Å². The van der Waals surface area contributed by atoms with Crippen molar-refractivity contribution in [1.82, 2.24) is 9.97 Å². The number of nitrogens with one attached hydrogen (secondary N) is 1. The Bertz CT molecular complexity index is 1440. The molecule has 4 aromatic rings. The number of aromatic nitrogens is 2. The number of carbonyl (C=O) groups is 1. The minimum Gasteiger partial charge on any atom is -0.741 e. The number of hydrogen-bond acceptors (Lipinski definition) is 7. The fraction of sp³-hybridized carbons (Fsp3) is 0.136. The van der Waals surface area contributed by atoms with E-state index in [1.54, 1.807) is 6.07 Å². The summed E-state index contributed by atoms with van der Waals surface area (Å²) in [5, 5.41) is 3.45. The number of alkyl halides is 3. The quantitative estimate of drug-likeness (QED) is 0.208. The molecule has 35 heavy (non-hydrogen) atoms. The van der Waals surface area contributed by atoms with Crippen LogP contribution in [0.5, 0.6) is 0 Å². The predicted octanol–water partition coefficient (Wildman–Crippen LogP) is 1.74. The van der Waals surface area contributed by atoms with Crippen LogP contribution in [0.25, 0.3) is 10.2 Å². The summed E-state index contributed by atoms with van der Waals surface area (Å²) in [4.78, 5) is 21.3. The van der Waals surface area contributed by atoms with E-state index in [0.29, 0.717) is 10.8 Å². The first-order valence-electron chi connectivity index (χ1n) is 9.70. The van der Waals surface area contributed by atoms with E-state index in [0.717, 1.165) is 10.2 Å². The lowest BCUT2D eigenvalue weighted by Gasteiger charge is -2.08. The highest BCUT2D eigenvalue weighted by molar-refractivity contribution is 7.86. The summed E-state index contributed by atoms with van der Waals surface area (Å²) < 4.78 is 62.5.